The predicted molar refractivity (Wildman–Crippen MR) is 88.1 cm³/mol. The molecule has 124 valence electrons. The van der Waals surface area contributed by atoms with Gasteiger partial charge in [-0.1, -0.05) is 30.3 Å². The van der Waals surface area contributed by atoms with Crippen molar-refractivity contribution in [3.8, 4) is 0 Å². The van der Waals surface area contributed by atoms with E-state index in [1.54, 1.807) is 36.4 Å². The molecule has 2 aromatic carbocycles. The lowest BCUT2D eigenvalue weighted by molar-refractivity contribution is 0.0189. The molecule has 0 unspecified atom stereocenters. The van der Waals surface area contributed by atoms with Crippen LogP contribution < -0.4 is 5.56 Å². The minimum atomic E-state index is -0.891. The highest BCUT2D eigenvalue weighted by molar-refractivity contribution is 5.76. The van der Waals surface area contributed by atoms with Crippen molar-refractivity contribution in [3.05, 3.63) is 76.6 Å². The summed E-state index contributed by atoms with van der Waals surface area (Å²) in [6, 6.07) is 13.3. The van der Waals surface area contributed by atoms with E-state index >= 15 is 0 Å². The number of para-hydroxylation sites is 1. The van der Waals surface area contributed by atoms with Gasteiger partial charge in [0.05, 0.1) is 43.1 Å². The van der Waals surface area contributed by atoms with Crippen LogP contribution in [0.2, 0.25) is 0 Å². The summed E-state index contributed by atoms with van der Waals surface area (Å²) in [5.74, 6) is -0.345. The molecule has 1 aromatic heterocycles. The van der Waals surface area contributed by atoms with Gasteiger partial charge in [0.25, 0.3) is 5.56 Å². The number of rotatable bonds is 6. The van der Waals surface area contributed by atoms with Crippen molar-refractivity contribution in [1.29, 1.82) is 0 Å². The Kier molecular flexibility index (Phi) is 4.98. The summed E-state index contributed by atoms with van der Waals surface area (Å²) in [6.45, 7) is 0.121. The third-order valence-corrected chi connectivity index (χ3v) is 3.66. The smallest absolute Gasteiger partial charge is 0.261 e. The summed E-state index contributed by atoms with van der Waals surface area (Å²) >= 11 is 0. The molecule has 0 bridgehead atoms. The maximum atomic E-state index is 13.5. The molecule has 5 nitrogen and oxygen atoms in total. The number of aliphatic hydroxyl groups is 1. The van der Waals surface area contributed by atoms with Gasteiger partial charge in [0.1, 0.15) is 5.82 Å². The van der Waals surface area contributed by atoms with Gasteiger partial charge in [0.15, 0.2) is 0 Å². The molecule has 0 aliphatic heterocycles. The van der Waals surface area contributed by atoms with Gasteiger partial charge < -0.3 is 9.84 Å². The van der Waals surface area contributed by atoms with Crippen LogP contribution in [-0.2, 0) is 17.9 Å². The first-order valence-corrected chi connectivity index (χ1v) is 7.58. The van der Waals surface area contributed by atoms with Gasteiger partial charge in [-0.15, -0.1) is 0 Å². The molecule has 6 heteroatoms. The number of hydrogen-bond acceptors (Lipinski definition) is 4. The topological polar surface area (TPSA) is 64.4 Å². The summed E-state index contributed by atoms with van der Waals surface area (Å²) in [6.07, 6.45) is 0.516. The highest BCUT2D eigenvalue weighted by Crippen LogP contribution is 2.08. The Labute approximate surface area is 138 Å². The molecule has 0 saturated heterocycles. The van der Waals surface area contributed by atoms with E-state index in [1.807, 2.05) is 6.07 Å². The van der Waals surface area contributed by atoms with E-state index in [2.05, 4.69) is 4.98 Å². The van der Waals surface area contributed by atoms with E-state index in [4.69, 9.17) is 4.74 Å². The van der Waals surface area contributed by atoms with E-state index in [-0.39, 0.29) is 31.1 Å². The zero-order valence-electron chi connectivity index (χ0n) is 12.9. The van der Waals surface area contributed by atoms with Crippen LogP contribution in [-0.4, -0.2) is 27.4 Å². The molecule has 0 amide bonds. The molecule has 1 atom stereocenters. The van der Waals surface area contributed by atoms with Crippen LogP contribution in [0.5, 0.6) is 0 Å². The Bertz CT molecular complexity index is 895. The molecule has 3 rings (SSSR count). The Balaban J connectivity index is 1.61. The van der Waals surface area contributed by atoms with Crippen LogP contribution in [0.4, 0.5) is 4.39 Å². The lowest BCUT2D eigenvalue weighted by atomic mass is 10.2. The molecule has 1 heterocycles. The Morgan fingerprint density at radius 1 is 1.17 bits per heavy atom. The van der Waals surface area contributed by atoms with Crippen LogP contribution in [0.25, 0.3) is 10.9 Å². The fourth-order valence-corrected chi connectivity index (χ4v) is 2.44. The highest BCUT2D eigenvalue weighted by atomic mass is 19.1. The van der Waals surface area contributed by atoms with Gasteiger partial charge >= 0.3 is 0 Å². The summed E-state index contributed by atoms with van der Waals surface area (Å²) < 4.78 is 20.1. The average molecular weight is 328 g/mol. The van der Waals surface area contributed by atoms with Crippen LogP contribution in [0, 0.1) is 5.82 Å². The molecule has 0 saturated carbocycles. The quantitative estimate of drug-likeness (QED) is 0.753. The first-order valence-electron chi connectivity index (χ1n) is 7.58. The predicted octanol–water partition coefficient (Wildman–Crippen LogP) is 2.11. The molecule has 0 aliphatic rings. The van der Waals surface area contributed by atoms with E-state index < -0.39 is 6.10 Å². The average Bonchev–Trinajstić information content (AvgIpc) is 2.59. The highest BCUT2D eigenvalue weighted by Gasteiger charge is 2.10. The number of fused-ring (bicyclic) bond motifs is 1. The number of aliphatic hydroxyl groups excluding tert-OH is 1. The zero-order chi connectivity index (χ0) is 16.9. The summed E-state index contributed by atoms with van der Waals surface area (Å²) in [5.41, 5.74) is 0.826. The number of hydrogen-bond donors (Lipinski definition) is 1. The summed E-state index contributed by atoms with van der Waals surface area (Å²) in [5, 5.41) is 10.5. The molecule has 3 aromatic rings. The molecular formula is C18H17FN2O3. The first kappa shape index (κ1) is 16.3. The number of ether oxygens (including phenoxy) is 1. The van der Waals surface area contributed by atoms with Crippen LogP contribution in [0.3, 0.4) is 0 Å². The number of nitrogens with zero attached hydrogens (tertiary/aromatic N) is 2. The lowest BCUT2D eigenvalue weighted by Crippen LogP contribution is -2.29. The Morgan fingerprint density at radius 3 is 2.75 bits per heavy atom. The second-order valence-electron chi connectivity index (χ2n) is 5.48. The normalized spacial score (nSPS) is 12.4. The fourth-order valence-electron chi connectivity index (χ4n) is 2.44. The first-order chi connectivity index (χ1) is 11.6. The second kappa shape index (κ2) is 7.33. The third-order valence-electron chi connectivity index (χ3n) is 3.66. The number of aromatic nitrogens is 2. The fraction of sp³-hybridized carbons (Fsp3) is 0.222. The van der Waals surface area contributed by atoms with Gasteiger partial charge in [0.2, 0.25) is 0 Å². The molecule has 0 fully saturated rings. The molecular weight excluding hydrogens is 311 g/mol. The lowest BCUT2D eigenvalue weighted by Gasteiger charge is -2.13. The number of halogens is 1. The molecule has 1 N–H and O–H groups in total. The third kappa shape index (κ3) is 3.67. The van der Waals surface area contributed by atoms with Gasteiger partial charge in [-0.25, -0.2) is 9.37 Å². The largest absolute Gasteiger partial charge is 0.389 e. The van der Waals surface area contributed by atoms with Gasteiger partial charge in [-0.2, -0.15) is 0 Å². The molecule has 0 aliphatic carbocycles. The van der Waals surface area contributed by atoms with Gasteiger partial charge in [-0.3, -0.25) is 9.36 Å². The van der Waals surface area contributed by atoms with E-state index in [0.717, 1.165) is 0 Å². The monoisotopic (exact) mass is 328 g/mol. The van der Waals surface area contributed by atoms with Crippen molar-refractivity contribution >= 4 is 10.9 Å². The van der Waals surface area contributed by atoms with Crippen molar-refractivity contribution in [2.45, 2.75) is 19.3 Å². The van der Waals surface area contributed by atoms with E-state index in [0.29, 0.717) is 16.5 Å². The zero-order valence-corrected chi connectivity index (χ0v) is 12.9. The van der Waals surface area contributed by atoms with Gasteiger partial charge in [-0.05, 0) is 18.2 Å². The molecule has 0 radical (unpaired) electrons. The minimum absolute atomic E-state index is 0.00635. The SMILES string of the molecule is O=c1c2ccccc2ncn1C[C@H](O)COCc1ccccc1F. The van der Waals surface area contributed by atoms with Crippen molar-refractivity contribution in [2.75, 3.05) is 6.61 Å². The Morgan fingerprint density at radius 2 is 1.92 bits per heavy atom. The van der Waals surface area contributed by atoms with Crippen molar-refractivity contribution in [2.24, 2.45) is 0 Å². The summed E-state index contributed by atoms with van der Waals surface area (Å²) in [4.78, 5) is 16.5. The van der Waals surface area contributed by atoms with Crippen LogP contribution >= 0.6 is 0 Å². The van der Waals surface area contributed by atoms with Crippen molar-refractivity contribution in [3.63, 3.8) is 0 Å². The van der Waals surface area contributed by atoms with E-state index in [1.165, 1.54) is 17.0 Å². The van der Waals surface area contributed by atoms with Crippen molar-refractivity contribution < 1.29 is 14.2 Å². The van der Waals surface area contributed by atoms with Gasteiger partial charge in [0, 0.05) is 5.56 Å². The minimum Gasteiger partial charge on any atom is -0.389 e. The molecule has 24 heavy (non-hydrogen) atoms. The van der Waals surface area contributed by atoms with E-state index in [9.17, 15) is 14.3 Å². The summed E-state index contributed by atoms with van der Waals surface area (Å²) in [7, 11) is 0. The van der Waals surface area contributed by atoms with Crippen molar-refractivity contribution in [1.82, 2.24) is 9.55 Å². The maximum absolute atomic E-state index is 13.5. The maximum Gasteiger partial charge on any atom is 0.261 e. The second-order valence-corrected chi connectivity index (χ2v) is 5.48. The standard InChI is InChI=1S/C18H17FN2O3/c19-16-7-3-1-5-13(16)10-24-11-14(22)9-21-12-20-17-8-4-2-6-15(17)18(21)23/h1-8,12,14,22H,9-11H2/t14-/m0/s1. The van der Waals surface area contributed by atoms with Crippen LogP contribution in [0.1, 0.15) is 5.56 Å². The molecule has 0 spiro atoms. The Hall–Kier alpha value is -2.57. The van der Waals surface area contributed by atoms with Crippen LogP contribution in [0.15, 0.2) is 59.7 Å². The number of benzene rings is 2.